The predicted octanol–water partition coefficient (Wildman–Crippen LogP) is 13.8. The molecule has 0 N–H and O–H groups in total. The van der Waals surface area contributed by atoms with Gasteiger partial charge in [0.15, 0.2) is 0 Å². The van der Waals surface area contributed by atoms with Crippen LogP contribution in [0, 0.1) is 0 Å². The van der Waals surface area contributed by atoms with Gasteiger partial charge in [-0.25, -0.2) is 0 Å². The van der Waals surface area contributed by atoms with Crippen molar-refractivity contribution < 1.29 is 37.3 Å². The second kappa shape index (κ2) is 43.8. The van der Waals surface area contributed by atoms with Crippen molar-refractivity contribution in [2.75, 3.05) is 54.1 Å². The Hall–Kier alpha value is -2.84. The molecule has 0 aliphatic rings. The normalized spacial score (nSPS) is 14.7. The van der Waals surface area contributed by atoms with E-state index in [0.717, 1.165) is 128 Å². The second-order valence-electron chi connectivity index (χ2n) is 16.3. The van der Waals surface area contributed by atoms with Gasteiger partial charge in [-0.2, -0.15) is 0 Å². The number of nitrogens with zero attached hydrogens (tertiary/aromatic N) is 1. The molecule has 0 amide bonds. The maximum Gasteiger partial charge on any atom is 0.306 e. The number of hydrogen-bond donors (Lipinski definition) is 0. The summed E-state index contributed by atoms with van der Waals surface area (Å²) < 4.78 is 34.6. The largest absolute Gasteiger partial charge is 0.756 e. The molecule has 348 valence electrons. The van der Waals surface area contributed by atoms with Crippen LogP contribution < -0.4 is 4.89 Å². The lowest BCUT2D eigenvalue weighted by Gasteiger charge is -2.28. The summed E-state index contributed by atoms with van der Waals surface area (Å²) in [6.45, 7) is 5.08. The summed E-state index contributed by atoms with van der Waals surface area (Å²) >= 11 is 0. The van der Waals surface area contributed by atoms with Crippen molar-refractivity contribution in [1.82, 2.24) is 0 Å². The second-order valence-corrected chi connectivity index (χ2v) is 17.8. The number of allylic oxidation sites excluding steroid dienone is 18. The Morgan fingerprint density at radius 2 is 0.902 bits per heavy atom. The summed E-state index contributed by atoms with van der Waals surface area (Å²) in [7, 11) is 1.31. The fraction of sp³-hybridized carbons (Fsp3) is 0.635. The average Bonchev–Trinajstić information content (AvgIpc) is 3.22. The third-order valence-corrected chi connectivity index (χ3v) is 10.3. The number of phosphoric ester groups is 1. The van der Waals surface area contributed by atoms with Crippen LogP contribution in [0.3, 0.4) is 0 Å². The van der Waals surface area contributed by atoms with Gasteiger partial charge in [-0.15, -0.1) is 0 Å². The Bertz CT molecular complexity index is 1340. The maximum atomic E-state index is 12.7. The zero-order chi connectivity index (χ0) is 44.8. The lowest BCUT2D eigenvalue weighted by atomic mass is 10.1. The van der Waals surface area contributed by atoms with E-state index in [4.69, 9.17) is 18.5 Å². The van der Waals surface area contributed by atoms with E-state index in [9.17, 15) is 14.3 Å². The lowest BCUT2D eigenvalue weighted by Crippen LogP contribution is -2.37. The molecular formula is C52H88NO7P. The maximum absolute atomic E-state index is 12.7. The van der Waals surface area contributed by atoms with E-state index in [2.05, 4.69) is 123 Å². The van der Waals surface area contributed by atoms with Gasteiger partial charge in [-0.3, -0.25) is 9.36 Å². The minimum Gasteiger partial charge on any atom is -0.756 e. The number of hydrogen-bond acceptors (Lipinski definition) is 7. The molecule has 8 nitrogen and oxygen atoms in total. The molecule has 0 saturated carbocycles. The first-order valence-corrected chi connectivity index (χ1v) is 25.1. The number of likely N-dealkylation sites (N-methyl/N-ethyl adjacent to an activating group) is 1. The van der Waals surface area contributed by atoms with Gasteiger partial charge in [0.2, 0.25) is 0 Å². The smallest absolute Gasteiger partial charge is 0.306 e. The minimum absolute atomic E-state index is 0.0114. The Morgan fingerprint density at radius 1 is 0.508 bits per heavy atom. The Balaban J connectivity index is 4.27. The molecule has 0 aromatic carbocycles. The number of unbranched alkanes of at least 4 members (excludes halogenated alkanes) is 10. The van der Waals surface area contributed by atoms with E-state index in [-0.39, 0.29) is 32.2 Å². The molecule has 2 unspecified atom stereocenters. The Kier molecular flexibility index (Phi) is 41.8. The van der Waals surface area contributed by atoms with Crippen LogP contribution in [0.15, 0.2) is 109 Å². The van der Waals surface area contributed by atoms with Gasteiger partial charge in [-0.1, -0.05) is 162 Å². The van der Waals surface area contributed by atoms with Crippen molar-refractivity contribution in [3.63, 3.8) is 0 Å². The van der Waals surface area contributed by atoms with Crippen LogP contribution in [0.1, 0.15) is 155 Å². The van der Waals surface area contributed by atoms with E-state index in [1.165, 1.54) is 6.42 Å². The van der Waals surface area contributed by atoms with E-state index < -0.39 is 13.9 Å². The van der Waals surface area contributed by atoms with Gasteiger partial charge in [0.05, 0.1) is 34.4 Å². The summed E-state index contributed by atoms with van der Waals surface area (Å²) in [5.74, 6) is -0.364. The summed E-state index contributed by atoms with van der Waals surface area (Å²) in [5, 5.41) is 0. The third kappa shape index (κ3) is 48.1. The Morgan fingerprint density at radius 3 is 1.34 bits per heavy atom. The molecular weight excluding hydrogens is 782 g/mol. The van der Waals surface area contributed by atoms with Gasteiger partial charge in [0.25, 0.3) is 7.82 Å². The molecule has 0 rings (SSSR count). The number of phosphoric acid groups is 1. The van der Waals surface area contributed by atoms with E-state index in [1.54, 1.807) is 0 Å². The summed E-state index contributed by atoms with van der Waals surface area (Å²) in [4.78, 5) is 25.1. The average molecular weight is 870 g/mol. The van der Waals surface area contributed by atoms with Crippen LogP contribution in [-0.4, -0.2) is 70.7 Å². The van der Waals surface area contributed by atoms with Crippen LogP contribution in [0.25, 0.3) is 0 Å². The summed E-state index contributed by atoms with van der Waals surface area (Å²) in [5.41, 5.74) is 0. The van der Waals surface area contributed by atoms with Crippen molar-refractivity contribution in [3.8, 4) is 0 Å². The minimum atomic E-state index is -4.55. The molecule has 0 radical (unpaired) electrons. The Labute approximate surface area is 374 Å². The van der Waals surface area contributed by atoms with Gasteiger partial charge in [0.1, 0.15) is 19.3 Å². The van der Waals surface area contributed by atoms with Crippen LogP contribution in [-0.2, 0) is 27.9 Å². The first kappa shape index (κ1) is 58.2. The SMILES string of the molecule is CC/C=C\C/C=C\C/C=C\C/C=C\C/C=C\C/C=C\CCCCCCCOCC(COP(=O)([O-])OCC[N+](C)(C)C)OC(=O)CCCCCCC/C=C\C/C=C\C/C=C\CC. The van der Waals surface area contributed by atoms with Gasteiger partial charge in [-0.05, 0) is 96.3 Å². The van der Waals surface area contributed by atoms with Crippen LogP contribution >= 0.6 is 7.82 Å². The molecule has 0 aliphatic carbocycles. The molecule has 0 bridgehead atoms. The van der Waals surface area contributed by atoms with E-state index >= 15 is 0 Å². The summed E-state index contributed by atoms with van der Waals surface area (Å²) in [6, 6.07) is 0. The zero-order valence-electron chi connectivity index (χ0n) is 39.3. The van der Waals surface area contributed by atoms with Crippen molar-refractivity contribution >= 4 is 13.8 Å². The fourth-order valence-corrected chi connectivity index (χ4v) is 6.47. The third-order valence-electron chi connectivity index (χ3n) is 9.32. The van der Waals surface area contributed by atoms with Crippen molar-refractivity contribution in [2.45, 2.75) is 161 Å². The quantitative estimate of drug-likeness (QED) is 0.0198. The molecule has 9 heteroatoms. The van der Waals surface area contributed by atoms with Gasteiger partial charge < -0.3 is 27.9 Å². The zero-order valence-corrected chi connectivity index (χ0v) is 40.2. The number of carbonyl (C=O) groups is 1. The van der Waals surface area contributed by atoms with E-state index in [0.29, 0.717) is 17.6 Å². The number of rotatable bonds is 42. The topological polar surface area (TPSA) is 94.1 Å². The predicted molar refractivity (Wildman–Crippen MR) is 258 cm³/mol. The van der Waals surface area contributed by atoms with Crippen LogP contribution in [0.4, 0.5) is 0 Å². The number of esters is 1. The van der Waals surface area contributed by atoms with Gasteiger partial charge in [0, 0.05) is 13.0 Å². The molecule has 61 heavy (non-hydrogen) atoms. The number of carbonyl (C=O) groups excluding carboxylic acids is 1. The van der Waals surface area contributed by atoms with Crippen LogP contribution in [0.5, 0.6) is 0 Å². The summed E-state index contributed by atoms with van der Waals surface area (Å²) in [6.07, 6.45) is 61.1. The van der Waals surface area contributed by atoms with Crippen molar-refractivity contribution in [1.29, 1.82) is 0 Å². The number of quaternary nitrogens is 1. The standard InChI is InChI=1S/C52H88NO7P/c1-6-8-10-12-14-16-18-20-22-23-24-25-26-27-28-29-30-32-34-36-38-40-42-44-47-57-49-51(50-59-61(55,56)58-48-46-53(3,4)5)60-52(54)45-43-41-39-37-35-33-31-21-19-17-15-13-11-9-7-2/h8-11,14-17,20-22,24-25,27-28,30-32,51H,6-7,12-13,18-19,23,26,29,33-50H2,1-5H3/b10-8-,11-9-,16-14-,17-15-,22-20-,25-24-,28-27-,31-21-,32-30-. The highest BCUT2D eigenvalue weighted by molar-refractivity contribution is 7.45. The van der Waals surface area contributed by atoms with Crippen LogP contribution in [0.2, 0.25) is 0 Å². The molecule has 0 aromatic rings. The highest BCUT2D eigenvalue weighted by Gasteiger charge is 2.20. The molecule has 0 heterocycles. The van der Waals surface area contributed by atoms with E-state index in [1.807, 2.05) is 21.1 Å². The first-order valence-electron chi connectivity index (χ1n) is 23.6. The first-order chi connectivity index (χ1) is 29.6. The lowest BCUT2D eigenvalue weighted by molar-refractivity contribution is -0.870. The monoisotopic (exact) mass is 870 g/mol. The fourth-order valence-electron chi connectivity index (χ4n) is 5.74. The van der Waals surface area contributed by atoms with Gasteiger partial charge >= 0.3 is 5.97 Å². The highest BCUT2D eigenvalue weighted by Crippen LogP contribution is 2.38. The van der Waals surface area contributed by atoms with Crippen molar-refractivity contribution in [2.24, 2.45) is 0 Å². The molecule has 0 fully saturated rings. The molecule has 0 saturated heterocycles. The molecule has 0 aliphatic heterocycles. The molecule has 0 spiro atoms. The highest BCUT2D eigenvalue weighted by atomic mass is 31.2. The molecule has 0 aromatic heterocycles. The van der Waals surface area contributed by atoms with Crippen molar-refractivity contribution in [3.05, 3.63) is 109 Å². The number of ether oxygens (including phenoxy) is 2. The molecule has 2 atom stereocenters.